The molecule has 0 aromatic carbocycles. The second kappa shape index (κ2) is 7.04. The molecular formula is C13H26N2O5S. The highest BCUT2D eigenvalue weighted by molar-refractivity contribution is 7.87. The van der Waals surface area contributed by atoms with Gasteiger partial charge in [-0.1, -0.05) is 20.8 Å². The Hall–Kier alpha value is -0.700. The van der Waals surface area contributed by atoms with E-state index in [-0.39, 0.29) is 31.2 Å². The van der Waals surface area contributed by atoms with Crippen molar-refractivity contribution in [3.8, 4) is 0 Å². The maximum Gasteiger partial charge on any atom is 0.306 e. The van der Waals surface area contributed by atoms with Crippen LogP contribution < -0.4 is 4.72 Å². The number of nitrogens with zero attached hydrogens (tertiary/aromatic N) is 1. The summed E-state index contributed by atoms with van der Waals surface area (Å²) in [6.45, 7) is 6.06. The fraction of sp³-hybridized carbons (Fsp3) is 0.923. The van der Waals surface area contributed by atoms with Crippen LogP contribution in [0.4, 0.5) is 0 Å². The van der Waals surface area contributed by atoms with Gasteiger partial charge in [-0.2, -0.15) is 17.4 Å². The van der Waals surface area contributed by atoms with Gasteiger partial charge in [0.25, 0.3) is 10.2 Å². The summed E-state index contributed by atoms with van der Waals surface area (Å²) < 4.78 is 28.7. The second-order valence-corrected chi connectivity index (χ2v) is 8.27. The van der Waals surface area contributed by atoms with E-state index in [0.717, 1.165) is 0 Å². The van der Waals surface area contributed by atoms with Crippen LogP contribution in [-0.2, 0) is 15.0 Å². The lowest BCUT2D eigenvalue weighted by Crippen LogP contribution is -2.52. The van der Waals surface area contributed by atoms with Gasteiger partial charge in [-0.15, -0.1) is 0 Å². The first-order valence-corrected chi connectivity index (χ1v) is 8.63. The van der Waals surface area contributed by atoms with Crippen molar-refractivity contribution in [1.29, 1.82) is 0 Å². The van der Waals surface area contributed by atoms with Gasteiger partial charge in [-0.05, 0) is 24.7 Å². The Kier molecular flexibility index (Phi) is 6.15. The summed E-state index contributed by atoms with van der Waals surface area (Å²) in [5.74, 6) is -1.33. The fourth-order valence-corrected chi connectivity index (χ4v) is 4.07. The summed E-state index contributed by atoms with van der Waals surface area (Å²) in [5, 5.41) is 18.0. The number of carboxylic acid groups (broad SMARTS) is 1. The number of hydrogen-bond donors (Lipinski definition) is 3. The Balaban J connectivity index is 2.71. The van der Waals surface area contributed by atoms with Gasteiger partial charge in [0.2, 0.25) is 0 Å². The molecule has 1 rings (SSSR count). The molecule has 1 aliphatic heterocycles. The van der Waals surface area contributed by atoms with E-state index in [0.29, 0.717) is 19.3 Å². The van der Waals surface area contributed by atoms with Gasteiger partial charge in [-0.3, -0.25) is 4.79 Å². The molecule has 1 atom stereocenters. The molecule has 0 saturated carbocycles. The zero-order chi connectivity index (χ0) is 16.3. The van der Waals surface area contributed by atoms with E-state index in [1.54, 1.807) is 0 Å². The van der Waals surface area contributed by atoms with Crippen LogP contribution in [0.5, 0.6) is 0 Å². The Bertz CT molecular complexity index is 450. The van der Waals surface area contributed by atoms with Crippen LogP contribution in [0.15, 0.2) is 0 Å². The molecule has 0 amide bonds. The summed E-state index contributed by atoms with van der Waals surface area (Å²) in [5.41, 5.74) is -0.310. The summed E-state index contributed by atoms with van der Waals surface area (Å²) in [7, 11) is -3.66. The lowest BCUT2D eigenvalue weighted by Gasteiger charge is -2.35. The fourth-order valence-electron chi connectivity index (χ4n) is 2.40. The Morgan fingerprint density at radius 2 is 1.86 bits per heavy atom. The third kappa shape index (κ3) is 5.21. The number of carboxylic acids is 1. The molecule has 124 valence electrons. The molecule has 1 saturated heterocycles. The predicted molar refractivity (Wildman–Crippen MR) is 78.9 cm³/mol. The van der Waals surface area contributed by atoms with E-state index in [1.807, 2.05) is 20.8 Å². The number of carbonyl (C=O) groups is 1. The predicted octanol–water partition coefficient (Wildman–Crippen LogP) is 0.415. The van der Waals surface area contributed by atoms with Gasteiger partial charge in [0.15, 0.2) is 0 Å². The van der Waals surface area contributed by atoms with Crippen LogP contribution in [0.25, 0.3) is 0 Å². The molecule has 0 aromatic rings. The minimum absolute atomic E-state index is 0.0917. The molecule has 0 radical (unpaired) electrons. The quantitative estimate of drug-likeness (QED) is 0.657. The largest absolute Gasteiger partial charge is 0.481 e. The van der Waals surface area contributed by atoms with Gasteiger partial charge in [0.1, 0.15) is 0 Å². The van der Waals surface area contributed by atoms with Gasteiger partial charge < -0.3 is 10.2 Å². The van der Waals surface area contributed by atoms with Crippen LogP contribution in [0.2, 0.25) is 0 Å². The van der Waals surface area contributed by atoms with Crippen LogP contribution in [-0.4, -0.2) is 54.6 Å². The second-order valence-electron chi connectivity index (χ2n) is 6.57. The zero-order valence-electron chi connectivity index (χ0n) is 12.9. The maximum atomic E-state index is 12.4. The van der Waals surface area contributed by atoms with E-state index >= 15 is 0 Å². The molecular weight excluding hydrogens is 296 g/mol. The Morgan fingerprint density at radius 1 is 1.33 bits per heavy atom. The van der Waals surface area contributed by atoms with Crippen LogP contribution >= 0.6 is 0 Å². The van der Waals surface area contributed by atoms with Crippen molar-refractivity contribution < 1.29 is 23.4 Å². The number of nitrogens with one attached hydrogen (secondary N) is 1. The van der Waals surface area contributed by atoms with Gasteiger partial charge in [0, 0.05) is 25.7 Å². The number of piperidine rings is 1. The van der Waals surface area contributed by atoms with E-state index in [9.17, 15) is 13.2 Å². The first-order valence-electron chi connectivity index (χ1n) is 7.19. The number of hydrogen-bond acceptors (Lipinski definition) is 4. The monoisotopic (exact) mass is 322 g/mol. The summed E-state index contributed by atoms with van der Waals surface area (Å²) in [4.78, 5) is 10.9. The van der Waals surface area contributed by atoms with E-state index < -0.39 is 22.1 Å². The molecule has 1 fully saturated rings. The molecule has 0 spiro atoms. The highest BCUT2D eigenvalue weighted by Gasteiger charge is 2.34. The minimum Gasteiger partial charge on any atom is -0.481 e. The van der Waals surface area contributed by atoms with Crippen molar-refractivity contribution in [2.75, 3.05) is 19.7 Å². The lowest BCUT2D eigenvalue weighted by molar-refractivity contribution is -0.142. The third-order valence-corrected chi connectivity index (χ3v) is 5.52. The smallest absolute Gasteiger partial charge is 0.306 e. The number of aliphatic hydroxyl groups excluding tert-OH is 1. The van der Waals surface area contributed by atoms with Crippen molar-refractivity contribution in [2.45, 2.75) is 46.1 Å². The molecule has 1 unspecified atom stereocenters. The lowest BCUT2D eigenvalue weighted by atomic mass is 9.86. The van der Waals surface area contributed by atoms with Crippen molar-refractivity contribution in [1.82, 2.24) is 9.03 Å². The molecule has 0 aromatic heterocycles. The minimum atomic E-state index is -3.66. The molecule has 7 nitrogen and oxygen atoms in total. The third-order valence-electron chi connectivity index (χ3n) is 3.90. The van der Waals surface area contributed by atoms with Gasteiger partial charge in [0.05, 0.1) is 5.92 Å². The van der Waals surface area contributed by atoms with E-state index in [2.05, 4.69) is 4.72 Å². The first-order chi connectivity index (χ1) is 9.58. The number of aliphatic carboxylic acids is 1. The zero-order valence-corrected chi connectivity index (χ0v) is 13.7. The average Bonchev–Trinajstić information content (AvgIpc) is 2.37. The molecule has 8 heteroatoms. The van der Waals surface area contributed by atoms with Gasteiger partial charge >= 0.3 is 5.97 Å². The molecule has 1 heterocycles. The highest BCUT2D eigenvalue weighted by atomic mass is 32.2. The molecule has 0 aliphatic carbocycles. The normalized spacial score (nSPS) is 20.4. The van der Waals surface area contributed by atoms with Crippen molar-refractivity contribution in [2.24, 2.45) is 11.3 Å². The maximum absolute atomic E-state index is 12.4. The summed E-state index contributed by atoms with van der Waals surface area (Å²) >= 11 is 0. The molecule has 1 aliphatic rings. The van der Waals surface area contributed by atoms with Crippen molar-refractivity contribution in [3.05, 3.63) is 0 Å². The van der Waals surface area contributed by atoms with Crippen LogP contribution in [0.3, 0.4) is 0 Å². The highest BCUT2D eigenvalue weighted by Crippen LogP contribution is 2.24. The van der Waals surface area contributed by atoms with Gasteiger partial charge in [-0.25, -0.2) is 0 Å². The summed E-state index contributed by atoms with van der Waals surface area (Å²) in [6, 6.07) is -0.371. The van der Waals surface area contributed by atoms with Crippen molar-refractivity contribution in [3.63, 3.8) is 0 Å². The molecule has 3 N–H and O–H groups in total. The Morgan fingerprint density at radius 3 is 2.24 bits per heavy atom. The Labute approximate surface area is 126 Å². The topological polar surface area (TPSA) is 107 Å². The van der Waals surface area contributed by atoms with Crippen LogP contribution in [0.1, 0.15) is 40.0 Å². The molecule has 0 bridgehead atoms. The standard InChI is InChI=1S/C13H26N2O5S/c1-13(2,3)11(6-9-16)14-21(19,20)15-7-4-10(5-8-15)12(17)18/h10-11,14,16H,4-9H2,1-3H3,(H,17,18). The number of rotatable bonds is 6. The number of aliphatic hydroxyl groups is 1. The molecule has 21 heavy (non-hydrogen) atoms. The van der Waals surface area contributed by atoms with E-state index in [1.165, 1.54) is 4.31 Å². The SMILES string of the molecule is CC(C)(C)C(CCO)NS(=O)(=O)N1CCC(C(=O)O)CC1. The van der Waals surface area contributed by atoms with Crippen LogP contribution in [0, 0.1) is 11.3 Å². The average molecular weight is 322 g/mol. The first kappa shape index (κ1) is 18.3. The van der Waals surface area contributed by atoms with Crippen molar-refractivity contribution >= 4 is 16.2 Å². The van der Waals surface area contributed by atoms with E-state index in [4.69, 9.17) is 10.2 Å². The summed E-state index contributed by atoms with van der Waals surface area (Å²) in [6.07, 6.45) is 1.00.